The molecular formula is C17H16BrN5O2. The van der Waals surface area contributed by atoms with Crippen LogP contribution in [-0.4, -0.2) is 37.5 Å². The van der Waals surface area contributed by atoms with Crippen molar-refractivity contribution in [1.82, 2.24) is 19.5 Å². The lowest BCUT2D eigenvalue weighted by atomic mass is 10.2. The molecule has 4 rings (SSSR count). The van der Waals surface area contributed by atoms with E-state index in [0.717, 1.165) is 0 Å². The smallest absolute Gasteiger partial charge is 0.255 e. The third kappa shape index (κ3) is 2.62. The number of hydrogen-bond donors (Lipinski definition) is 1. The Morgan fingerprint density at radius 2 is 1.96 bits per heavy atom. The topological polar surface area (TPSA) is 89.7 Å². The molecular weight excluding hydrogens is 386 g/mol. The molecule has 128 valence electrons. The number of pyridine rings is 1. The van der Waals surface area contributed by atoms with Gasteiger partial charge in [-0.3, -0.25) is 4.79 Å². The Labute approximate surface area is 152 Å². The molecule has 1 aliphatic heterocycles. The van der Waals surface area contributed by atoms with Crippen LogP contribution in [0.1, 0.15) is 24.2 Å². The fourth-order valence-corrected chi connectivity index (χ4v) is 3.37. The molecule has 1 aliphatic rings. The second kappa shape index (κ2) is 5.73. The van der Waals surface area contributed by atoms with Gasteiger partial charge in [0.15, 0.2) is 16.1 Å². The number of rotatable bonds is 2. The molecule has 2 unspecified atom stereocenters. The van der Waals surface area contributed by atoms with Crippen LogP contribution in [0, 0.1) is 0 Å². The van der Waals surface area contributed by atoms with Crippen LogP contribution in [0.15, 0.2) is 45.5 Å². The number of furan rings is 1. The largest absolute Gasteiger partial charge is 0.446 e. The van der Waals surface area contributed by atoms with E-state index in [9.17, 15) is 4.79 Å². The Hall–Kier alpha value is -2.61. The molecule has 8 heteroatoms. The number of halogens is 1. The van der Waals surface area contributed by atoms with Gasteiger partial charge in [-0.25, -0.2) is 4.98 Å². The van der Waals surface area contributed by atoms with Crippen molar-refractivity contribution >= 4 is 33.3 Å². The van der Waals surface area contributed by atoms with Crippen LogP contribution in [-0.2, 0) is 0 Å². The fourth-order valence-electron chi connectivity index (χ4n) is 3.07. The van der Waals surface area contributed by atoms with Gasteiger partial charge in [0.1, 0.15) is 5.82 Å². The lowest BCUT2D eigenvalue weighted by Crippen LogP contribution is -2.39. The number of nitrogens with zero attached hydrogens (tertiary/aromatic N) is 4. The second-order valence-electron chi connectivity index (χ2n) is 6.06. The maximum atomic E-state index is 12.9. The van der Waals surface area contributed by atoms with Crippen molar-refractivity contribution in [3.8, 4) is 11.6 Å². The molecule has 0 bridgehead atoms. The van der Waals surface area contributed by atoms with Gasteiger partial charge in [0.05, 0.1) is 0 Å². The maximum Gasteiger partial charge on any atom is 0.255 e. The zero-order chi connectivity index (χ0) is 17.7. The van der Waals surface area contributed by atoms with Gasteiger partial charge in [-0.05, 0) is 54.0 Å². The first kappa shape index (κ1) is 15.9. The highest BCUT2D eigenvalue weighted by Gasteiger charge is 2.28. The third-order valence-corrected chi connectivity index (χ3v) is 4.71. The molecule has 3 aromatic heterocycles. The standard InChI is InChI=1S/C17H16BrN5O2/c1-9-3-4-10(2)22(9)17(24)11-7-14(19)23-15(8-11)20-16(21-23)12-5-6-13(18)25-12/h3-10H,19H2,1-2H3. The van der Waals surface area contributed by atoms with Gasteiger partial charge in [-0.2, -0.15) is 4.52 Å². The van der Waals surface area contributed by atoms with Crippen LogP contribution >= 0.6 is 15.9 Å². The number of amides is 1. The molecule has 2 N–H and O–H groups in total. The molecule has 0 fully saturated rings. The molecule has 0 aromatic carbocycles. The van der Waals surface area contributed by atoms with Crippen molar-refractivity contribution in [2.75, 3.05) is 5.73 Å². The van der Waals surface area contributed by atoms with Gasteiger partial charge in [0.25, 0.3) is 5.91 Å². The Kier molecular flexibility index (Phi) is 3.64. The Balaban J connectivity index is 1.75. The number of hydrogen-bond acceptors (Lipinski definition) is 5. The molecule has 25 heavy (non-hydrogen) atoms. The molecule has 0 spiro atoms. The maximum absolute atomic E-state index is 12.9. The number of carbonyl (C=O) groups is 1. The highest BCUT2D eigenvalue weighted by atomic mass is 79.9. The fraction of sp³-hybridized carbons (Fsp3) is 0.235. The van der Waals surface area contributed by atoms with E-state index in [2.05, 4.69) is 26.0 Å². The number of nitrogen functional groups attached to an aromatic ring is 1. The number of anilines is 1. The van der Waals surface area contributed by atoms with Crippen LogP contribution < -0.4 is 5.73 Å². The van der Waals surface area contributed by atoms with Crippen molar-refractivity contribution in [1.29, 1.82) is 0 Å². The number of nitrogens with two attached hydrogens (primary N) is 1. The number of aromatic nitrogens is 3. The van der Waals surface area contributed by atoms with Crippen LogP contribution in [0.4, 0.5) is 5.82 Å². The third-order valence-electron chi connectivity index (χ3n) is 4.29. The first-order chi connectivity index (χ1) is 11.9. The lowest BCUT2D eigenvalue weighted by molar-refractivity contribution is 0.0709. The van der Waals surface area contributed by atoms with E-state index in [4.69, 9.17) is 10.2 Å². The lowest BCUT2D eigenvalue weighted by Gasteiger charge is -2.26. The first-order valence-electron chi connectivity index (χ1n) is 7.87. The van der Waals surface area contributed by atoms with Crippen LogP contribution in [0.3, 0.4) is 0 Å². The van der Waals surface area contributed by atoms with E-state index in [1.54, 1.807) is 24.3 Å². The molecule has 2 atom stereocenters. The van der Waals surface area contributed by atoms with Crippen LogP contribution in [0.2, 0.25) is 0 Å². The van der Waals surface area contributed by atoms with Crippen LogP contribution in [0.25, 0.3) is 17.2 Å². The molecule has 3 aromatic rings. The number of carbonyl (C=O) groups excluding carboxylic acids is 1. The zero-order valence-corrected chi connectivity index (χ0v) is 15.3. The summed E-state index contributed by atoms with van der Waals surface area (Å²) in [5, 5.41) is 4.35. The average molecular weight is 402 g/mol. The molecule has 4 heterocycles. The van der Waals surface area contributed by atoms with Crippen molar-refractivity contribution in [3.63, 3.8) is 0 Å². The van der Waals surface area contributed by atoms with Crippen molar-refractivity contribution in [3.05, 3.63) is 46.7 Å². The molecule has 7 nitrogen and oxygen atoms in total. The monoisotopic (exact) mass is 401 g/mol. The summed E-state index contributed by atoms with van der Waals surface area (Å²) in [6, 6.07) is 6.96. The quantitative estimate of drug-likeness (QED) is 0.666. The molecule has 0 radical (unpaired) electrons. The summed E-state index contributed by atoms with van der Waals surface area (Å²) in [7, 11) is 0. The van der Waals surface area contributed by atoms with Crippen molar-refractivity contribution < 1.29 is 9.21 Å². The summed E-state index contributed by atoms with van der Waals surface area (Å²) < 4.78 is 7.57. The summed E-state index contributed by atoms with van der Waals surface area (Å²) in [5.74, 6) is 1.20. The van der Waals surface area contributed by atoms with Gasteiger partial charge in [-0.1, -0.05) is 12.2 Å². The minimum Gasteiger partial charge on any atom is -0.446 e. The van der Waals surface area contributed by atoms with Gasteiger partial charge in [0, 0.05) is 17.6 Å². The summed E-state index contributed by atoms with van der Waals surface area (Å²) in [5.41, 5.74) is 7.08. The minimum atomic E-state index is -0.0792. The second-order valence-corrected chi connectivity index (χ2v) is 6.84. The summed E-state index contributed by atoms with van der Waals surface area (Å²) >= 11 is 3.26. The highest BCUT2D eigenvalue weighted by molar-refractivity contribution is 9.10. The van der Waals surface area contributed by atoms with Gasteiger partial charge >= 0.3 is 0 Å². The summed E-state index contributed by atoms with van der Waals surface area (Å²) in [6.07, 6.45) is 4.04. The van der Waals surface area contributed by atoms with Crippen molar-refractivity contribution in [2.45, 2.75) is 25.9 Å². The summed E-state index contributed by atoms with van der Waals surface area (Å²) in [4.78, 5) is 19.1. The Morgan fingerprint density at radius 3 is 2.60 bits per heavy atom. The van der Waals surface area contributed by atoms with E-state index >= 15 is 0 Å². The zero-order valence-electron chi connectivity index (χ0n) is 13.7. The first-order valence-corrected chi connectivity index (χ1v) is 8.66. The van der Waals surface area contributed by atoms with Gasteiger partial charge in [-0.15, -0.1) is 5.10 Å². The van der Waals surface area contributed by atoms with Crippen molar-refractivity contribution in [2.24, 2.45) is 0 Å². The number of fused-ring (bicyclic) bond motifs is 1. The predicted octanol–water partition coefficient (Wildman–Crippen LogP) is 3.12. The predicted molar refractivity (Wildman–Crippen MR) is 97.0 cm³/mol. The molecule has 1 amide bonds. The molecule has 0 saturated heterocycles. The SMILES string of the molecule is CC1C=CC(C)N1C(=O)c1cc(N)n2nc(-c3ccc(Br)o3)nc2c1. The van der Waals surface area contributed by atoms with Crippen LogP contribution in [0.5, 0.6) is 0 Å². The van der Waals surface area contributed by atoms with E-state index in [0.29, 0.717) is 33.3 Å². The average Bonchev–Trinajstić information content (AvgIpc) is 3.26. The van der Waals surface area contributed by atoms with E-state index in [1.165, 1.54) is 4.52 Å². The normalized spacial score (nSPS) is 19.9. The minimum absolute atomic E-state index is 0.0499. The Bertz CT molecular complexity index is 994. The molecule has 0 aliphatic carbocycles. The molecule has 0 saturated carbocycles. The van der Waals surface area contributed by atoms with Gasteiger partial charge in [0.2, 0.25) is 5.82 Å². The summed E-state index contributed by atoms with van der Waals surface area (Å²) in [6.45, 7) is 3.98. The highest BCUT2D eigenvalue weighted by Crippen LogP contribution is 2.25. The van der Waals surface area contributed by atoms with E-state index in [1.807, 2.05) is 30.9 Å². The van der Waals surface area contributed by atoms with Gasteiger partial charge < -0.3 is 15.1 Å². The van der Waals surface area contributed by atoms with E-state index in [-0.39, 0.29) is 18.0 Å². The van der Waals surface area contributed by atoms with E-state index < -0.39 is 0 Å². The Morgan fingerprint density at radius 1 is 1.24 bits per heavy atom.